The summed E-state index contributed by atoms with van der Waals surface area (Å²) in [6.07, 6.45) is 2.94. The Kier molecular flexibility index (Phi) is 5.69. The second-order valence-electron chi connectivity index (χ2n) is 4.44. The van der Waals surface area contributed by atoms with E-state index in [0.717, 1.165) is 42.4 Å². The zero-order valence-electron chi connectivity index (χ0n) is 11.3. The molecule has 19 heavy (non-hydrogen) atoms. The van der Waals surface area contributed by atoms with Crippen LogP contribution in [0.5, 0.6) is 0 Å². The van der Waals surface area contributed by atoms with Gasteiger partial charge in [0, 0.05) is 31.6 Å². The third kappa shape index (κ3) is 3.96. The zero-order chi connectivity index (χ0) is 13.5. The Bertz CT molecular complexity index is 512. The van der Waals surface area contributed by atoms with Gasteiger partial charge in [-0.15, -0.1) is 0 Å². The van der Waals surface area contributed by atoms with Gasteiger partial charge in [-0.3, -0.25) is 0 Å². The Labute approximate surface area is 118 Å². The van der Waals surface area contributed by atoms with Gasteiger partial charge < -0.3 is 14.8 Å². The van der Waals surface area contributed by atoms with Crippen LogP contribution in [0, 0.1) is 6.92 Å². The molecule has 0 unspecified atom stereocenters. The molecule has 0 fully saturated rings. The lowest BCUT2D eigenvalue weighted by molar-refractivity contribution is 0.296. The molecule has 0 aliphatic carbocycles. The molecular weight excluding hydrogens is 258 g/mol. The highest BCUT2D eigenvalue weighted by atomic mass is 32.2. The Balaban J connectivity index is 1.80. The summed E-state index contributed by atoms with van der Waals surface area (Å²) in [5.41, 5.74) is 3.33. The highest BCUT2D eigenvalue weighted by Gasteiger charge is 2.06. The van der Waals surface area contributed by atoms with Gasteiger partial charge in [0.2, 0.25) is 0 Å². The average molecular weight is 279 g/mol. The fourth-order valence-corrected chi connectivity index (χ4v) is 2.82. The number of aryl methyl sites for hydroxylation is 1. The molecule has 2 aromatic heterocycles. The van der Waals surface area contributed by atoms with E-state index in [1.54, 1.807) is 0 Å². The van der Waals surface area contributed by atoms with Gasteiger partial charge in [0.05, 0.1) is 11.4 Å². The first kappa shape index (κ1) is 14.4. The lowest BCUT2D eigenvalue weighted by Crippen LogP contribution is -2.18. The molecule has 0 aliphatic heterocycles. The zero-order valence-corrected chi connectivity index (χ0v) is 12.1. The Hall–Kier alpha value is -1.04. The average Bonchev–Trinajstić information content (AvgIpc) is 2.74. The van der Waals surface area contributed by atoms with E-state index in [-0.39, 0.29) is 0 Å². The molecule has 0 bridgehead atoms. The van der Waals surface area contributed by atoms with Crippen LogP contribution in [0.3, 0.4) is 0 Å². The number of nitrogens with one attached hydrogen (secondary N) is 1. The van der Waals surface area contributed by atoms with E-state index in [1.807, 2.05) is 30.0 Å². The van der Waals surface area contributed by atoms with E-state index in [1.165, 1.54) is 5.69 Å². The molecule has 0 aliphatic rings. The molecule has 2 aromatic rings. The summed E-state index contributed by atoms with van der Waals surface area (Å²) in [4.78, 5) is 4.54. The predicted octanol–water partition coefficient (Wildman–Crippen LogP) is 1.85. The van der Waals surface area contributed by atoms with Crippen molar-refractivity contribution in [2.75, 3.05) is 24.7 Å². The molecule has 2 N–H and O–H groups in total. The number of aromatic nitrogens is 2. The number of imidazole rings is 1. The van der Waals surface area contributed by atoms with Crippen LogP contribution >= 0.6 is 11.8 Å². The summed E-state index contributed by atoms with van der Waals surface area (Å²) >= 11 is 1.88. The minimum absolute atomic E-state index is 0.293. The van der Waals surface area contributed by atoms with E-state index in [4.69, 9.17) is 5.11 Å². The van der Waals surface area contributed by atoms with Crippen LogP contribution in [0.2, 0.25) is 0 Å². The van der Waals surface area contributed by atoms with Crippen molar-refractivity contribution in [2.45, 2.75) is 19.9 Å². The molecule has 0 amide bonds. The number of pyridine rings is 1. The molecule has 0 saturated carbocycles. The van der Waals surface area contributed by atoms with E-state index in [9.17, 15) is 0 Å². The van der Waals surface area contributed by atoms with Crippen molar-refractivity contribution in [2.24, 2.45) is 0 Å². The largest absolute Gasteiger partial charge is 0.396 e. The van der Waals surface area contributed by atoms with E-state index in [2.05, 4.69) is 27.8 Å². The summed E-state index contributed by atoms with van der Waals surface area (Å²) in [6.45, 7) is 4.18. The standard InChI is InChI=1S/C14H21N3OS/c1-12-13(11-15-6-10-19-9-4-8-18)17-7-3-2-5-14(17)16-12/h2-3,5,7,15,18H,4,6,8-11H2,1H3. The third-order valence-electron chi connectivity index (χ3n) is 2.99. The van der Waals surface area contributed by atoms with Crippen molar-refractivity contribution in [1.82, 2.24) is 14.7 Å². The van der Waals surface area contributed by atoms with Crippen molar-refractivity contribution in [3.05, 3.63) is 35.8 Å². The smallest absolute Gasteiger partial charge is 0.137 e. The first-order valence-electron chi connectivity index (χ1n) is 6.65. The number of hydrogen-bond donors (Lipinski definition) is 2. The fraction of sp³-hybridized carbons (Fsp3) is 0.500. The molecule has 0 radical (unpaired) electrons. The predicted molar refractivity (Wildman–Crippen MR) is 80.7 cm³/mol. The van der Waals surface area contributed by atoms with E-state index in [0.29, 0.717) is 6.61 Å². The third-order valence-corrected chi connectivity index (χ3v) is 4.06. The summed E-state index contributed by atoms with van der Waals surface area (Å²) in [5.74, 6) is 2.11. The molecule has 2 heterocycles. The minimum Gasteiger partial charge on any atom is -0.396 e. The molecule has 4 nitrogen and oxygen atoms in total. The van der Waals surface area contributed by atoms with E-state index >= 15 is 0 Å². The van der Waals surface area contributed by atoms with Crippen LogP contribution in [0.4, 0.5) is 0 Å². The maximum Gasteiger partial charge on any atom is 0.137 e. The van der Waals surface area contributed by atoms with Gasteiger partial charge in [-0.25, -0.2) is 4.98 Å². The second-order valence-corrected chi connectivity index (χ2v) is 5.66. The number of rotatable bonds is 8. The molecular formula is C14H21N3OS. The maximum atomic E-state index is 8.69. The topological polar surface area (TPSA) is 49.6 Å². The molecule has 2 rings (SSSR count). The minimum atomic E-state index is 0.293. The molecule has 104 valence electrons. The van der Waals surface area contributed by atoms with Gasteiger partial charge in [-0.1, -0.05) is 6.07 Å². The quantitative estimate of drug-likeness (QED) is 0.724. The van der Waals surface area contributed by atoms with Crippen molar-refractivity contribution in [3.63, 3.8) is 0 Å². The highest BCUT2D eigenvalue weighted by Crippen LogP contribution is 2.11. The first-order valence-corrected chi connectivity index (χ1v) is 7.80. The van der Waals surface area contributed by atoms with Crippen LogP contribution in [0.1, 0.15) is 17.8 Å². The number of aliphatic hydroxyl groups is 1. The SMILES string of the molecule is Cc1nc2ccccn2c1CNCCSCCCO. The number of fused-ring (bicyclic) bond motifs is 1. The van der Waals surface area contributed by atoms with Gasteiger partial charge >= 0.3 is 0 Å². The first-order chi connectivity index (χ1) is 9.33. The van der Waals surface area contributed by atoms with Crippen molar-refractivity contribution in [3.8, 4) is 0 Å². The maximum absolute atomic E-state index is 8.69. The van der Waals surface area contributed by atoms with Crippen LogP contribution in [0.25, 0.3) is 5.65 Å². The number of thioether (sulfide) groups is 1. The molecule has 0 spiro atoms. The highest BCUT2D eigenvalue weighted by molar-refractivity contribution is 7.99. The number of aliphatic hydroxyl groups excluding tert-OH is 1. The van der Waals surface area contributed by atoms with Crippen molar-refractivity contribution >= 4 is 17.4 Å². The molecule has 0 saturated heterocycles. The molecule has 5 heteroatoms. The van der Waals surface area contributed by atoms with Gasteiger partial charge in [0.1, 0.15) is 5.65 Å². The van der Waals surface area contributed by atoms with Crippen LogP contribution < -0.4 is 5.32 Å². The second kappa shape index (κ2) is 7.53. The summed E-state index contributed by atoms with van der Waals surface area (Å²) in [7, 11) is 0. The van der Waals surface area contributed by atoms with Gasteiger partial charge in [-0.05, 0) is 31.2 Å². The summed E-state index contributed by atoms with van der Waals surface area (Å²) < 4.78 is 2.14. The Morgan fingerprint density at radius 1 is 1.37 bits per heavy atom. The van der Waals surface area contributed by atoms with Gasteiger partial charge in [-0.2, -0.15) is 11.8 Å². The lowest BCUT2D eigenvalue weighted by Gasteiger charge is -2.05. The van der Waals surface area contributed by atoms with Crippen LogP contribution in [-0.2, 0) is 6.54 Å². The lowest BCUT2D eigenvalue weighted by atomic mass is 10.3. The Morgan fingerprint density at radius 2 is 2.26 bits per heavy atom. The summed E-state index contributed by atoms with van der Waals surface area (Å²) in [6, 6.07) is 6.07. The fourth-order valence-electron chi connectivity index (χ4n) is 2.00. The van der Waals surface area contributed by atoms with Crippen LogP contribution in [0.15, 0.2) is 24.4 Å². The van der Waals surface area contributed by atoms with Crippen LogP contribution in [-0.4, -0.2) is 39.1 Å². The number of nitrogens with zero attached hydrogens (tertiary/aromatic N) is 2. The van der Waals surface area contributed by atoms with Crippen molar-refractivity contribution in [1.29, 1.82) is 0 Å². The van der Waals surface area contributed by atoms with Gasteiger partial charge in [0.25, 0.3) is 0 Å². The molecule has 0 atom stereocenters. The number of hydrogen-bond acceptors (Lipinski definition) is 4. The van der Waals surface area contributed by atoms with E-state index < -0.39 is 0 Å². The monoisotopic (exact) mass is 279 g/mol. The normalized spacial score (nSPS) is 11.3. The van der Waals surface area contributed by atoms with Crippen molar-refractivity contribution < 1.29 is 5.11 Å². The Morgan fingerprint density at radius 3 is 3.11 bits per heavy atom. The summed E-state index contributed by atoms with van der Waals surface area (Å²) in [5, 5.41) is 12.1. The molecule has 0 aromatic carbocycles. The van der Waals surface area contributed by atoms with Gasteiger partial charge in [0.15, 0.2) is 0 Å².